The van der Waals surface area contributed by atoms with Gasteiger partial charge in [-0.3, -0.25) is 0 Å². The first kappa shape index (κ1) is 10.4. The highest BCUT2D eigenvalue weighted by Gasteiger charge is 2.12. The Bertz CT molecular complexity index is 277. The van der Waals surface area contributed by atoms with E-state index in [1.807, 2.05) is 5.41 Å². The molecule has 0 amide bonds. The van der Waals surface area contributed by atoms with Crippen LogP contribution in [0.5, 0.6) is 0 Å². The van der Waals surface area contributed by atoms with Gasteiger partial charge in [-0.05, 0) is 28.5 Å². The van der Waals surface area contributed by atoms with Crippen molar-refractivity contribution in [2.24, 2.45) is 0 Å². The first-order valence-corrected chi connectivity index (χ1v) is 5.30. The third-order valence-corrected chi connectivity index (χ3v) is 2.65. The second kappa shape index (κ2) is 4.01. The summed E-state index contributed by atoms with van der Waals surface area (Å²) in [5, 5.41) is 1.85. The SMILES string of the molecule is C=CSc1ccc(C(C)(C)C)cc1. The molecule has 70 valence electrons. The molecule has 1 aromatic rings. The van der Waals surface area contributed by atoms with E-state index in [0.29, 0.717) is 0 Å². The Morgan fingerprint density at radius 3 is 2.08 bits per heavy atom. The Labute approximate surface area is 85.1 Å². The van der Waals surface area contributed by atoms with Crippen LogP contribution in [-0.4, -0.2) is 0 Å². The third-order valence-electron chi connectivity index (χ3n) is 1.94. The number of thioether (sulfide) groups is 1. The Morgan fingerprint density at radius 2 is 1.69 bits per heavy atom. The fourth-order valence-corrected chi connectivity index (χ4v) is 1.62. The molecule has 0 N–H and O–H groups in total. The summed E-state index contributed by atoms with van der Waals surface area (Å²) in [5.74, 6) is 0. The normalized spacial score (nSPS) is 11.3. The zero-order valence-electron chi connectivity index (χ0n) is 8.50. The first-order valence-electron chi connectivity index (χ1n) is 4.42. The Morgan fingerprint density at radius 1 is 1.15 bits per heavy atom. The molecular weight excluding hydrogens is 176 g/mol. The molecule has 13 heavy (non-hydrogen) atoms. The molecule has 0 unspecified atom stereocenters. The van der Waals surface area contributed by atoms with Crippen LogP contribution in [0.4, 0.5) is 0 Å². The largest absolute Gasteiger partial charge is 0.0987 e. The van der Waals surface area contributed by atoms with Gasteiger partial charge < -0.3 is 0 Å². The zero-order valence-corrected chi connectivity index (χ0v) is 9.32. The molecule has 1 heteroatoms. The molecule has 0 aliphatic carbocycles. The zero-order chi connectivity index (χ0) is 9.90. The molecule has 0 bridgehead atoms. The summed E-state index contributed by atoms with van der Waals surface area (Å²) in [4.78, 5) is 1.25. The van der Waals surface area contributed by atoms with Gasteiger partial charge in [0, 0.05) is 4.90 Å². The summed E-state index contributed by atoms with van der Waals surface area (Å²) < 4.78 is 0. The molecule has 1 aromatic carbocycles. The molecule has 0 spiro atoms. The lowest BCUT2D eigenvalue weighted by Crippen LogP contribution is -2.10. The predicted molar refractivity (Wildman–Crippen MR) is 61.2 cm³/mol. The van der Waals surface area contributed by atoms with E-state index >= 15 is 0 Å². The minimum absolute atomic E-state index is 0.247. The lowest BCUT2D eigenvalue weighted by molar-refractivity contribution is 0.590. The molecule has 0 saturated carbocycles. The van der Waals surface area contributed by atoms with Crippen molar-refractivity contribution in [1.82, 2.24) is 0 Å². The van der Waals surface area contributed by atoms with E-state index < -0.39 is 0 Å². The van der Waals surface area contributed by atoms with Gasteiger partial charge >= 0.3 is 0 Å². The quantitative estimate of drug-likeness (QED) is 0.632. The first-order chi connectivity index (χ1) is 6.04. The molecule has 0 radical (unpaired) electrons. The van der Waals surface area contributed by atoms with Crippen molar-refractivity contribution in [2.75, 3.05) is 0 Å². The minimum atomic E-state index is 0.247. The van der Waals surface area contributed by atoms with E-state index in [9.17, 15) is 0 Å². The molecular formula is C12H16S. The van der Waals surface area contributed by atoms with Crippen LogP contribution >= 0.6 is 11.8 Å². The van der Waals surface area contributed by atoms with E-state index in [1.165, 1.54) is 10.5 Å². The average molecular weight is 192 g/mol. The molecule has 0 aliphatic rings. The van der Waals surface area contributed by atoms with Gasteiger partial charge in [0.15, 0.2) is 0 Å². The number of hydrogen-bond donors (Lipinski definition) is 0. The van der Waals surface area contributed by atoms with E-state index in [4.69, 9.17) is 0 Å². The standard InChI is InChI=1S/C12H16S/c1-5-13-11-8-6-10(7-9-11)12(2,3)4/h5-9H,1H2,2-4H3. The Kier molecular flexibility index (Phi) is 3.21. The van der Waals surface area contributed by atoms with Gasteiger partial charge in [0.25, 0.3) is 0 Å². The van der Waals surface area contributed by atoms with Crippen LogP contribution in [0.25, 0.3) is 0 Å². The highest BCUT2D eigenvalue weighted by molar-refractivity contribution is 8.02. The van der Waals surface area contributed by atoms with Gasteiger partial charge in [0.2, 0.25) is 0 Å². The van der Waals surface area contributed by atoms with Crippen molar-refractivity contribution in [3.05, 3.63) is 41.8 Å². The number of hydrogen-bond acceptors (Lipinski definition) is 1. The van der Waals surface area contributed by atoms with Crippen LogP contribution in [0.15, 0.2) is 41.1 Å². The van der Waals surface area contributed by atoms with E-state index in [2.05, 4.69) is 51.6 Å². The molecule has 0 atom stereocenters. The van der Waals surface area contributed by atoms with Crippen molar-refractivity contribution >= 4 is 11.8 Å². The summed E-state index contributed by atoms with van der Waals surface area (Å²) in [5.41, 5.74) is 1.62. The van der Waals surface area contributed by atoms with Crippen molar-refractivity contribution in [1.29, 1.82) is 0 Å². The molecule has 0 heterocycles. The van der Waals surface area contributed by atoms with Gasteiger partial charge in [-0.2, -0.15) is 0 Å². The summed E-state index contributed by atoms with van der Waals surface area (Å²) >= 11 is 1.66. The van der Waals surface area contributed by atoms with Crippen LogP contribution < -0.4 is 0 Å². The topological polar surface area (TPSA) is 0 Å². The molecule has 0 nitrogen and oxygen atoms in total. The maximum absolute atomic E-state index is 3.69. The van der Waals surface area contributed by atoms with Crippen LogP contribution in [0.2, 0.25) is 0 Å². The van der Waals surface area contributed by atoms with Crippen molar-refractivity contribution in [3.8, 4) is 0 Å². The fraction of sp³-hybridized carbons (Fsp3) is 0.333. The average Bonchev–Trinajstić information content (AvgIpc) is 2.04. The molecule has 0 fully saturated rings. The third kappa shape index (κ3) is 2.92. The summed E-state index contributed by atoms with van der Waals surface area (Å²) in [6, 6.07) is 8.66. The highest BCUT2D eigenvalue weighted by Crippen LogP contribution is 2.25. The molecule has 0 aromatic heterocycles. The van der Waals surface area contributed by atoms with Gasteiger partial charge in [-0.1, -0.05) is 51.2 Å². The fourth-order valence-electron chi connectivity index (χ4n) is 1.13. The van der Waals surface area contributed by atoms with Crippen molar-refractivity contribution in [2.45, 2.75) is 31.1 Å². The van der Waals surface area contributed by atoms with Crippen LogP contribution in [0.1, 0.15) is 26.3 Å². The van der Waals surface area contributed by atoms with E-state index in [-0.39, 0.29) is 5.41 Å². The minimum Gasteiger partial charge on any atom is -0.0987 e. The van der Waals surface area contributed by atoms with Crippen LogP contribution in [0, 0.1) is 0 Å². The molecule has 0 saturated heterocycles. The summed E-state index contributed by atoms with van der Waals surface area (Å²) in [6.07, 6.45) is 0. The predicted octanol–water partition coefficient (Wildman–Crippen LogP) is 4.22. The summed E-state index contributed by atoms with van der Waals surface area (Å²) in [6.45, 7) is 10.4. The van der Waals surface area contributed by atoms with Gasteiger partial charge in [0.05, 0.1) is 0 Å². The van der Waals surface area contributed by atoms with Gasteiger partial charge in [-0.15, -0.1) is 0 Å². The Hall–Kier alpha value is -0.690. The number of rotatable bonds is 2. The van der Waals surface area contributed by atoms with Gasteiger partial charge in [0.1, 0.15) is 0 Å². The smallest absolute Gasteiger partial charge is 0.0116 e. The Balaban J connectivity index is 2.87. The van der Waals surface area contributed by atoms with Crippen molar-refractivity contribution < 1.29 is 0 Å². The van der Waals surface area contributed by atoms with Crippen molar-refractivity contribution in [3.63, 3.8) is 0 Å². The molecule has 1 rings (SSSR count). The molecule has 0 aliphatic heterocycles. The maximum atomic E-state index is 3.69. The number of benzene rings is 1. The second-order valence-corrected chi connectivity index (χ2v) is 5.10. The van der Waals surface area contributed by atoms with Crippen LogP contribution in [-0.2, 0) is 5.41 Å². The van der Waals surface area contributed by atoms with Gasteiger partial charge in [-0.25, -0.2) is 0 Å². The van der Waals surface area contributed by atoms with Crippen LogP contribution in [0.3, 0.4) is 0 Å². The highest BCUT2D eigenvalue weighted by atomic mass is 32.2. The lowest BCUT2D eigenvalue weighted by atomic mass is 9.87. The second-order valence-electron chi connectivity index (χ2n) is 4.06. The summed E-state index contributed by atoms with van der Waals surface area (Å²) in [7, 11) is 0. The lowest BCUT2D eigenvalue weighted by Gasteiger charge is -2.18. The maximum Gasteiger partial charge on any atom is 0.0116 e. The van der Waals surface area contributed by atoms with E-state index in [1.54, 1.807) is 11.8 Å². The van der Waals surface area contributed by atoms with E-state index in [0.717, 1.165) is 0 Å². The monoisotopic (exact) mass is 192 g/mol.